The highest BCUT2D eigenvalue weighted by molar-refractivity contribution is 5.95. The molecule has 6 nitrogen and oxygen atoms in total. The molecular weight excluding hydrogens is 352 g/mol. The smallest absolute Gasteiger partial charge is 0.241 e. The number of hydrogen-bond acceptors (Lipinski definition) is 4. The molecule has 1 aliphatic rings. The van der Waals surface area contributed by atoms with Crippen molar-refractivity contribution in [3.8, 4) is 6.07 Å². The van der Waals surface area contributed by atoms with Gasteiger partial charge in [0.2, 0.25) is 11.8 Å². The molecule has 0 bridgehead atoms. The standard InChI is InChI=1S/C22H32N4O2/c1-17-13-18(2)15-19(14-17)26(8-6-7-23)20(27)16-24-9-11-25(12-10-24)21(28)22(3,4)5/h13-15H,6,8-12,16H2,1-5H3. The minimum atomic E-state index is -0.380. The largest absolute Gasteiger partial charge is 0.340 e. The van der Waals surface area contributed by atoms with Crippen molar-refractivity contribution >= 4 is 17.5 Å². The SMILES string of the molecule is Cc1cc(C)cc(N(CCC#N)C(=O)CN2CCN(C(=O)C(C)(C)C)CC2)c1. The molecule has 1 fully saturated rings. The Labute approximate surface area is 168 Å². The van der Waals surface area contributed by atoms with Gasteiger partial charge < -0.3 is 9.80 Å². The maximum absolute atomic E-state index is 13.0. The monoisotopic (exact) mass is 384 g/mol. The average Bonchev–Trinajstić information content (AvgIpc) is 2.60. The Morgan fingerprint density at radius 2 is 1.64 bits per heavy atom. The first-order valence-corrected chi connectivity index (χ1v) is 9.89. The second-order valence-corrected chi connectivity index (χ2v) is 8.62. The molecule has 0 radical (unpaired) electrons. The van der Waals surface area contributed by atoms with Crippen molar-refractivity contribution in [3.63, 3.8) is 0 Å². The van der Waals surface area contributed by atoms with E-state index in [1.165, 1.54) is 0 Å². The fraction of sp³-hybridized carbons (Fsp3) is 0.591. The van der Waals surface area contributed by atoms with E-state index in [9.17, 15) is 9.59 Å². The van der Waals surface area contributed by atoms with Crippen LogP contribution in [0, 0.1) is 30.6 Å². The van der Waals surface area contributed by atoms with Gasteiger partial charge in [0, 0.05) is 43.8 Å². The molecule has 2 amide bonds. The molecule has 0 spiro atoms. The van der Waals surface area contributed by atoms with Crippen LogP contribution in [0.2, 0.25) is 0 Å². The van der Waals surface area contributed by atoms with Crippen LogP contribution in [0.1, 0.15) is 38.3 Å². The first kappa shape index (κ1) is 21.9. The Morgan fingerprint density at radius 1 is 1.07 bits per heavy atom. The topological polar surface area (TPSA) is 67.7 Å². The molecule has 0 aliphatic carbocycles. The van der Waals surface area contributed by atoms with E-state index in [1.54, 1.807) is 4.90 Å². The molecule has 0 N–H and O–H groups in total. The maximum atomic E-state index is 13.0. The predicted molar refractivity (Wildman–Crippen MR) is 111 cm³/mol. The van der Waals surface area contributed by atoms with E-state index in [4.69, 9.17) is 5.26 Å². The van der Waals surface area contributed by atoms with Crippen molar-refractivity contribution in [3.05, 3.63) is 29.3 Å². The van der Waals surface area contributed by atoms with Crippen molar-refractivity contribution in [1.82, 2.24) is 9.80 Å². The van der Waals surface area contributed by atoms with Crippen LogP contribution in [0.4, 0.5) is 5.69 Å². The number of hydrogen-bond donors (Lipinski definition) is 0. The molecule has 0 aromatic heterocycles. The van der Waals surface area contributed by atoms with Gasteiger partial charge in [-0.3, -0.25) is 14.5 Å². The molecule has 0 atom stereocenters. The quantitative estimate of drug-likeness (QED) is 0.783. The molecule has 28 heavy (non-hydrogen) atoms. The Kier molecular flexibility index (Phi) is 7.20. The number of anilines is 1. The summed E-state index contributed by atoms with van der Waals surface area (Å²) in [6, 6.07) is 8.18. The zero-order chi connectivity index (χ0) is 20.9. The first-order valence-electron chi connectivity index (χ1n) is 9.89. The normalized spacial score (nSPS) is 15.2. The van der Waals surface area contributed by atoms with E-state index in [-0.39, 0.29) is 17.2 Å². The van der Waals surface area contributed by atoms with Crippen LogP contribution in [-0.2, 0) is 9.59 Å². The molecule has 1 aromatic rings. The fourth-order valence-corrected chi connectivity index (χ4v) is 3.53. The molecule has 2 rings (SSSR count). The summed E-state index contributed by atoms with van der Waals surface area (Å²) >= 11 is 0. The van der Waals surface area contributed by atoms with Crippen molar-refractivity contribution in [2.45, 2.75) is 41.0 Å². The predicted octanol–water partition coefficient (Wildman–Crippen LogP) is 2.74. The number of piperazine rings is 1. The van der Waals surface area contributed by atoms with Crippen LogP contribution in [0.25, 0.3) is 0 Å². The maximum Gasteiger partial charge on any atom is 0.241 e. The zero-order valence-electron chi connectivity index (χ0n) is 17.8. The van der Waals surface area contributed by atoms with E-state index in [1.807, 2.05) is 51.7 Å². The Hall–Kier alpha value is -2.39. The molecule has 0 saturated carbocycles. The Bertz CT molecular complexity index is 733. The lowest BCUT2D eigenvalue weighted by atomic mass is 9.94. The van der Waals surface area contributed by atoms with Gasteiger partial charge in [-0.15, -0.1) is 0 Å². The van der Waals surface area contributed by atoms with Gasteiger partial charge in [-0.25, -0.2) is 0 Å². The van der Waals surface area contributed by atoms with Crippen molar-refractivity contribution in [2.75, 3.05) is 44.2 Å². The van der Waals surface area contributed by atoms with E-state index in [0.29, 0.717) is 45.7 Å². The molecule has 1 aliphatic heterocycles. The van der Waals surface area contributed by atoms with Crippen molar-refractivity contribution in [2.24, 2.45) is 5.41 Å². The van der Waals surface area contributed by atoms with Gasteiger partial charge in [0.1, 0.15) is 0 Å². The lowest BCUT2D eigenvalue weighted by Crippen LogP contribution is -2.53. The highest BCUT2D eigenvalue weighted by atomic mass is 16.2. The summed E-state index contributed by atoms with van der Waals surface area (Å²) in [5.41, 5.74) is 2.66. The first-order chi connectivity index (χ1) is 13.1. The van der Waals surface area contributed by atoms with Crippen LogP contribution < -0.4 is 4.90 Å². The lowest BCUT2D eigenvalue weighted by Gasteiger charge is -2.38. The van der Waals surface area contributed by atoms with Gasteiger partial charge in [-0.05, 0) is 37.1 Å². The van der Waals surface area contributed by atoms with E-state index in [2.05, 4.69) is 17.0 Å². The second-order valence-electron chi connectivity index (χ2n) is 8.62. The molecule has 1 aromatic carbocycles. The van der Waals surface area contributed by atoms with Crippen LogP contribution in [-0.4, -0.2) is 60.9 Å². The minimum absolute atomic E-state index is 0.00384. The lowest BCUT2D eigenvalue weighted by molar-refractivity contribution is -0.141. The summed E-state index contributed by atoms with van der Waals surface area (Å²) in [5.74, 6) is 0.153. The van der Waals surface area contributed by atoms with Crippen LogP contribution in [0.5, 0.6) is 0 Å². The van der Waals surface area contributed by atoms with Gasteiger partial charge in [0.15, 0.2) is 0 Å². The molecular formula is C22H32N4O2. The van der Waals surface area contributed by atoms with E-state index in [0.717, 1.165) is 16.8 Å². The molecule has 6 heteroatoms. The highest BCUT2D eigenvalue weighted by Crippen LogP contribution is 2.21. The number of benzene rings is 1. The summed E-state index contributed by atoms with van der Waals surface area (Å²) in [7, 11) is 0. The number of nitriles is 1. The summed E-state index contributed by atoms with van der Waals surface area (Å²) in [5, 5.41) is 8.99. The number of rotatable bonds is 5. The summed E-state index contributed by atoms with van der Waals surface area (Å²) < 4.78 is 0. The third kappa shape index (κ3) is 5.80. The van der Waals surface area contributed by atoms with E-state index >= 15 is 0 Å². The third-order valence-electron chi connectivity index (χ3n) is 4.93. The van der Waals surface area contributed by atoms with Crippen molar-refractivity contribution < 1.29 is 9.59 Å². The van der Waals surface area contributed by atoms with Gasteiger partial charge in [0.25, 0.3) is 0 Å². The summed E-state index contributed by atoms with van der Waals surface area (Å²) in [6.45, 7) is 13.2. The van der Waals surface area contributed by atoms with Crippen LogP contribution >= 0.6 is 0 Å². The number of amides is 2. The van der Waals surface area contributed by atoms with Gasteiger partial charge in [0.05, 0.1) is 19.0 Å². The van der Waals surface area contributed by atoms with Gasteiger partial charge in [-0.2, -0.15) is 5.26 Å². The fourth-order valence-electron chi connectivity index (χ4n) is 3.53. The Morgan fingerprint density at radius 3 is 2.14 bits per heavy atom. The highest BCUT2D eigenvalue weighted by Gasteiger charge is 2.30. The van der Waals surface area contributed by atoms with Gasteiger partial charge in [-0.1, -0.05) is 26.8 Å². The zero-order valence-corrected chi connectivity index (χ0v) is 17.8. The Balaban J connectivity index is 2.02. The third-order valence-corrected chi connectivity index (χ3v) is 4.93. The van der Waals surface area contributed by atoms with Gasteiger partial charge >= 0.3 is 0 Å². The molecule has 152 valence electrons. The number of carbonyl (C=O) groups excluding carboxylic acids is 2. The summed E-state index contributed by atoms with van der Waals surface area (Å²) in [4.78, 5) is 31.1. The number of nitrogens with zero attached hydrogens (tertiary/aromatic N) is 4. The second kappa shape index (κ2) is 9.20. The number of aryl methyl sites for hydroxylation is 2. The molecule has 1 heterocycles. The average molecular weight is 385 g/mol. The summed E-state index contributed by atoms with van der Waals surface area (Å²) in [6.07, 6.45) is 0.298. The molecule has 0 unspecified atom stereocenters. The number of carbonyl (C=O) groups is 2. The van der Waals surface area contributed by atoms with E-state index < -0.39 is 0 Å². The van der Waals surface area contributed by atoms with Crippen LogP contribution in [0.3, 0.4) is 0 Å². The van der Waals surface area contributed by atoms with Crippen LogP contribution in [0.15, 0.2) is 18.2 Å². The minimum Gasteiger partial charge on any atom is -0.340 e. The molecule has 1 saturated heterocycles. The van der Waals surface area contributed by atoms with Crippen molar-refractivity contribution in [1.29, 1.82) is 5.26 Å².